The number of nitrogens with one attached hydrogen (secondary N) is 2. The lowest BCUT2D eigenvalue weighted by Gasteiger charge is -2.19. The lowest BCUT2D eigenvalue weighted by molar-refractivity contribution is 0.221. The Bertz CT molecular complexity index is 688. The second-order valence-electron chi connectivity index (χ2n) is 6.46. The summed E-state index contributed by atoms with van der Waals surface area (Å²) in [5, 5.41) is 10.9. The van der Waals surface area contributed by atoms with Crippen LogP contribution in [0.25, 0.3) is 0 Å². The highest BCUT2D eigenvalue weighted by molar-refractivity contribution is 14.0. The van der Waals surface area contributed by atoms with E-state index >= 15 is 0 Å². The molecule has 0 aliphatic rings. The van der Waals surface area contributed by atoms with Crippen LogP contribution in [0.2, 0.25) is 0 Å². The van der Waals surface area contributed by atoms with Gasteiger partial charge in [0.1, 0.15) is 12.4 Å². The van der Waals surface area contributed by atoms with Crippen molar-refractivity contribution >= 4 is 29.9 Å². The molecule has 2 rings (SSSR count). The van der Waals surface area contributed by atoms with Gasteiger partial charge >= 0.3 is 0 Å². The number of hydrogen-bond donors (Lipinski definition) is 2. The Morgan fingerprint density at radius 3 is 2.66 bits per heavy atom. The van der Waals surface area contributed by atoms with Gasteiger partial charge in [0.25, 0.3) is 0 Å². The third-order valence-corrected chi connectivity index (χ3v) is 4.62. The molecule has 0 amide bonds. The van der Waals surface area contributed by atoms with Crippen LogP contribution < -0.4 is 15.4 Å². The number of aryl methyl sites for hydroxylation is 1. The van der Waals surface area contributed by atoms with Gasteiger partial charge in [0.2, 0.25) is 0 Å². The normalized spacial score (nSPS) is 11.2. The molecule has 29 heavy (non-hydrogen) atoms. The van der Waals surface area contributed by atoms with Gasteiger partial charge in [-0.05, 0) is 31.6 Å². The van der Waals surface area contributed by atoms with Crippen molar-refractivity contribution in [2.24, 2.45) is 4.99 Å². The summed E-state index contributed by atoms with van der Waals surface area (Å²) in [7, 11) is 1.79. The average Bonchev–Trinajstić information content (AvgIpc) is 3.25. The predicted molar refractivity (Wildman–Crippen MR) is 130 cm³/mol. The fourth-order valence-corrected chi connectivity index (χ4v) is 2.90. The fourth-order valence-electron chi connectivity index (χ4n) is 2.90. The van der Waals surface area contributed by atoms with Crippen LogP contribution in [0.3, 0.4) is 0 Å². The Morgan fingerprint density at radius 2 is 1.97 bits per heavy atom. The van der Waals surface area contributed by atoms with Gasteiger partial charge in [0, 0.05) is 51.2 Å². The van der Waals surface area contributed by atoms with Crippen molar-refractivity contribution in [3.05, 3.63) is 48.3 Å². The van der Waals surface area contributed by atoms with Crippen molar-refractivity contribution in [3.63, 3.8) is 0 Å². The molecule has 162 valence electrons. The van der Waals surface area contributed by atoms with Gasteiger partial charge in [-0.1, -0.05) is 32.0 Å². The highest BCUT2D eigenvalue weighted by atomic mass is 127. The van der Waals surface area contributed by atoms with Crippen LogP contribution in [0, 0.1) is 0 Å². The molecule has 0 unspecified atom stereocenters. The number of rotatable bonds is 12. The number of ether oxygens (including phenoxy) is 1. The van der Waals surface area contributed by atoms with Gasteiger partial charge in [0.15, 0.2) is 5.96 Å². The molecular weight excluding hydrogens is 479 g/mol. The highest BCUT2D eigenvalue weighted by Crippen LogP contribution is 2.17. The van der Waals surface area contributed by atoms with Crippen LogP contribution in [0.5, 0.6) is 5.75 Å². The third kappa shape index (κ3) is 9.49. The molecule has 1 aromatic carbocycles. The summed E-state index contributed by atoms with van der Waals surface area (Å²) in [6.07, 6.45) is 4.76. The quantitative estimate of drug-likeness (QED) is 0.197. The SMILES string of the molecule is CCN(CC)CCOc1ccccc1CNC(=NC)NCCCn1cccn1.I. The Hall–Kier alpha value is -1.81. The first-order chi connectivity index (χ1) is 13.8. The van der Waals surface area contributed by atoms with Crippen molar-refractivity contribution in [1.82, 2.24) is 25.3 Å². The fraction of sp³-hybridized carbons (Fsp3) is 0.524. The largest absolute Gasteiger partial charge is 0.492 e. The first-order valence-corrected chi connectivity index (χ1v) is 10.1. The zero-order chi connectivity index (χ0) is 20.0. The zero-order valence-electron chi connectivity index (χ0n) is 17.8. The van der Waals surface area contributed by atoms with E-state index in [0.717, 1.165) is 56.4 Å². The summed E-state index contributed by atoms with van der Waals surface area (Å²) in [5.74, 6) is 1.72. The molecule has 0 saturated heterocycles. The molecule has 0 aliphatic carbocycles. The number of aromatic nitrogens is 2. The van der Waals surface area contributed by atoms with Crippen molar-refractivity contribution in [3.8, 4) is 5.75 Å². The van der Waals surface area contributed by atoms with E-state index in [2.05, 4.69) is 45.5 Å². The lowest BCUT2D eigenvalue weighted by Crippen LogP contribution is -2.37. The predicted octanol–water partition coefficient (Wildman–Crippen LogP) is 2.98. The molecule has 0 fully saturated rings. The molecule has 0 bridgehead atoms. The Kier molecular flexibility index (Phi) is 13.1. The minimum Gasteiger partial charge on any atom is -0.492 e. The summed E-state index contributed by atoms with van der Waals surface area (Å²) < 4.78 is 7.96. The van der Waals surface area contributed by atoms with Gasteiger partial charge in [-0.25, -0.2) is 0 Å². The van der Waals surface area contributed by atoms with Gasteiger partial charge in [-0.15, -0.1) is 24.0 Å². The number of likely N-dealkylation sites (N-methyl/N-ethyl adjacent to an activating group) is 1. The average molecular weight is 514 g/mol. The van der Waals surface area contributed by atoms with E-state index in [1.165, 1.54) is 0 Å². The first kappa shape index (κ1) is 25.2. The van der Waals surface area contributed by atoms with Crippen molar-refractivity contribution in [2.75, 3.05) is 39.8 Å². The van der Waals surface area contributed by atoms with Crippen LogP contribution >= 0.6 is 24.0 Å². The van der Waals surface area contributed by atoms with Crippen molar-refractivity contribution in [2.45, 2.75) is 33.4 Å². The molecule has 2 aromatic rings. The smallest absolute Gasteiger partial charge is 0.191 e. The van der Waals surface area contributed by atoms with E-state index in [1.807, 2.05) is 35.1 Å². The Labute approximate surface area is 191 Å². The second kappa shape index (κ2) is 15.1. The number of hydrogen-bond acceptors (Lipinski definition) is 4. The molecule has 2 N–H and O–H groups in total. The molecule has 1 aromatic heterocycles. The summed E-state index contributed by atoms with van der Waals surface area (Å²) >= 11 is 0. The molecule has 0 radical (unpaired) electrons. The van der Waals surface area contributed by atoms with Crippen LogP contribution in [0.4, 0.5) is 0 Å². The highest BCUT2D eigenvalue weighted by Gasteiger charge is 2.06. The van der Waals surface area contributed by atoms with Crippen LogP contribution in [-0.2, 0) is 13.1 Å². The van der Waals surface area contributed by atoms with E-state index in [0.29, 0.717) is 13.2 Å². The molecule has 0 saturated carbocycles. The maximum Gasteiger partial charge on any atom is 0.191 e. The number of guanidine groups is 1. The Balaban J connectivity index is 0.00000420. The second-order valence-corrected chi connectivity index (χ2v) is 6.46. The van der Waals surface area contributed by atoms with E-state index in [-0.39, 0.29) is 24.0 Å². The molecule has 0 spiro atoms. The van der Waals surface area contributed by atoms with E-state index in [4.69, 9.17) is 4.74 Å². The van der Waals surface area contributed by atoms with Gasteiger partial charge < -0.3 is 20.3 Å². The van der Waals surface area contributed by atoms with E-state index in [9.17, 15) is 0 Å². The van der Waals surface area contributed by atoms with Crippen LogP contribution in [0.1, 0.15) is 25.8 Å². The monoisotopic (exact) mass is 514 g/mol. The van der Waals surface area contributed by atoms with Crippen LogP contribution in [0.15, 0.2) is 47.7 Å². The number of halogens is 1. The summed E-state index contributed by atoms with van der Waals surface area (Å²) in [6.45, 7) is 10.5. The molecule has 7 nitrogen and oxygen atoms in total. The van der Waals surface area contributed by atoms with Gasteiger partial charge in [0.05, 0.1) is 0 Å². The maximum atomic E-state index is 6.03. The number of benzene rings is 1. The molecule has 1 heterocycles. The zero-order valence-corrected chi connectivity index (χ0v) is 20.1. The molecule has 8 heteroatoms. The van der Waals surface area contributed by atoms with Crippen molar-refractivity contribution < 1.29 is 4.74 Å². The molecular formula is C21H35IN6O. The van der Waals surface area contributed by atoms with Gasteiger partial charge in [-0.2, -0.15) is 5.10 Å². The minimum absolute atomic E-state index is 0. The third-order valence-electron chi connectivity index (χ3n) is 4.62. The minimum atomic E-state index is 0. The topological polar surface area (TPSA) is 66.7 Å². The molecule has 0 aliphatic heterocycles. The first-order valence-electron chi connectivity index (χ1n) is 10.1. The van der Waals surface area contributed by atoms with Crippen LogP contribution in [-0.4, -0.2) is 60.5 Å². The van der Waals surface area contributed by atoms with E-state index in [1.54, 1.807) is 13.2 Å². The van der Waals surface area contributed by atoms with Gasteiger partial charge in [-0.3, -0.25) is 9.67 Å². The summed E-state index contributed by atoms with van der Waals surface area (Å²) in [5.41, 5.74) is 1.13. The number of para-hydroxylation sites is 1. The van der Waals surface area contributed by atoms with E-state index < -0.39 is 0 Å². The summed E-state index contributed by atoms with van der Waals surface area (Å²) in [6, 6.07) is 10.1. The summed E-state index contributed by atoms with van der Waals surface area (Å²) in [4.78, 5) is 6.66. The number of aliphatic imine (C=N–C) groups is 1. The molecule has 0 atom stereocenters. The Morgan fingerprint density at radius 1 is 1.17 bits per heavy atom. The number of nitrogens with zero attached hydrogens (tertiary/aromatic N) is 4. The van der Waals surface area contributed by atoms with Crippen molar-refractivity contribution in [1.29, 1.82) is 0 Å². The lowest BCUT2D eigenvalue weighted by atomic mass is 10.2. The standard InChI is InChI=1S/C21H34N6O.HI/c1-4-26(5-2)16-17-28-20-11-7-6-10-19(20)18-24-21(22-3)23-12-8-14-27-15-9-13-25-27;/h6-7,9-11,13,15H,4-5,8,12,14,16-18H2,1-3H3,(H2,22,23,24);1H. The maximum absolute atomic E-state index is 6.03.